The Hall–Kier alpha value is -0.901. The van der Waals surface area contributed by atoms with Crippen LogP contribution in [0, 0.1) is 0 Å². The second kappa shape index (κ2) is 7.52. The number of fused-ring (bicyclic) bond motifs is 3. The Bertz CT molecular complexity index is 582. The van der Waals surface area contributed by atoms with Crippen LogP contribution in [-0.4, -0.2) is 27.0 Å². The topological polar surface area (TPSA) is 35.0 Å². The zero-order valence-electron chi connectivity index (χ0n) is 9.09. The van der Waals surface area contributed by atoms with E-state index >= 15 is 0 Å². The average molecular weight is 346 g/mol. The maximum atomic E-state index is 4.35. The average Bonchev–Trinajstić information content (AvgIpc) is 2.40. The number of pyridine rings is 2. The largest absolute Gasteiger partial charge is 0.254 e. The summed E-state index contributed by atoms with van der Waals surface area (Å²) in [4.78, 5) is 8.69. The molecule has 0 aliphatic carbocycles. The maximum absolute atomic E-state index is 4.35. The smallest absolute Gasteiger partial charge is 0.0964 e. The molecule has 0 N–H and O–H groups in total. The summed E-state index contributed by atoms with van der Waals surface area (Å²) in [5.41, 5.74) is 1.95. The van der Waals surface area contributed by atoms with Gasteiger partial charge < -0.3 is 0 Å². The molecule has 92 valence electrons. The normalized spacial score (nSPS) is 9.44. The van der Waals surface area contributed by atoms with E-state index in [2.05, 4.69) is 61.8 Å². The third kappa shape index (κ3) is 3.31. The van der Waals surface area contributed by atoms with Crippen LogP contribution in [0.3, 0.4) is 0 Å². The summed E-state index contributed by atoms with van der Waals surface area (Å²) in [5, 5.41) is 2.28. The van der Waals surface area contributed by atoms with Crippen molar-refractivity contribution in [1.29, 1.82) is 0 Å². The summed E-state index contributed by atoms with van der Waals surface area (Å²) in [7, 11) is 0. The van der Waals surface area contributed by atoms with Crippen LogP contribution in [0.1, 0.15) is 0 Å². The summed E-state index contributed by atoms with van der Waals surface area (Å²) >= 11 is 8.53. The number of rotatable bonds is 0. The third-order valence-electron chi connectivity index (χ3n) is 2.34. The van der Waals surface area contributed by atoms with Crippen molar-refractivity contribution in [3.05, 3.63) is 48.8 Å². The number of nitrogens with zero attached hydrogens (tertiary/aromatic N) is 2. The van der Waals surface area contributed by atoms with Crippen LogP contribution in [0.4, 0.5) is 0 Å². The molecule has 0 aliphatic heterocycles. The first-order valence-corrected chi connectivity index (χ1v) is 5.46. The van der Waals surface area contributed by atoms with E-state index in [4.69, 9.17) is 0 Å². The fraction of sp³-hybridized carbons (Fsp3) is 0. The molecule has 6 heteroatoms. The van der Waals surface area contributed by atoms with Crippen LogP contribution >= 0.6 is 23.7 Å². The molecule has 0 bridgehead atoms. The molecular weight excluding hydrogens is 338 g/mol. The molecule has 2 aromatic heterocycles. The van der Waals surface area contributed by atoms with Crippen molar-refractivity contribution in [2.24, 2.45) is 0 Å². The summed E-state index contributed by atoms with van der Waals surface area (Å²) in [6.45, 7) is 0. The van der Waals surface area contributed by atoms with Crippen LogP contribution in [0.25, 0.3) is 21.8 Å². The maximum Gasteiger partial charge on any atom is 0.0964 e. The first-order valence-electron chi connectivity index (χ1n) is 4.84. The van der Waals surface area contributed by atoms with Gasteiger partial charge in [-0.25, -0.2) is 0 Å². The standard InChI is InChI=1S/C12H8N2.Cl2O.Se/c1-3-9-5-6-10-4-2-8-14-12(10)11(9)13-7-1;1-3-2;/h1-8H;;. The summed E-state index contributed by atoms with van der Waals surface area (Å²) < 4.78 is 3.19. The molecule has 3 nitrogen and oxygen atoms in total. The number of aromatic nitrogens is 2. The Morgan fingerprint density at radius 2 is 1.17 bits per heavy atom. The van der Waals surface area contributed by atoms with Crippen molar-refractivity contribution >= 4 is 62.6 Å². The summed E-state index contributed by atoms with van der Waals surface area (Å²) in [6.07, 6.45) is 3.60. The predicted octanol–water partition coefficient (Wildman–Crippen LogP) is 3.71. The minimum atomic E-state index is 0. The van der Waals surface area contributed by atoms with Crippen molar-refractivity contribution in [3.8, 4) is 0 Å². The van der Waals surface area contributed by atoms with Gasteiger partial charge in [-0.1, -0.05) is 24.3 Å². The van der Waals surface area contributed by atoms with Crippen LogP contribution in [0.15, 0.2) is 48.8 Å². The Morgan fingerprint density at radius 3 is 1.56 bits per heavy atom. The molecule has 2 radical (unpaired) electrons. The molecule has 0 aliphatic rings. The van der Waals surface area contributed by atoms with Gasteiger partial charge >= 0.3 is 0 Å². The second-order valence-electron chi connectivity index (χ2n) is 3.27. The third-order valence-corrected chi connectivity index (χ3v) is 2.34. The van der Waals surface area contributed by atoms with E-state index in [1.165, 1.54) is 0 Å². The van der Waals surface area contributed by atoms with Crippen LogP contribution in [0.5, 0.6) is 0 Å². The molecule has 0 unspecified atom stereocenters. The molecule has 0 saturated heterocycles. The molecule has 18 heavy (non-hydrogen) atoms. The molecule has 2 heterocycles. The second-order valence-corrected chi connectivity index (χ2v) is 3.74. The van der Waals surface area contributed by atoms with Crippen molar-refractivity contribution in [1.82, 2.24) is 9.97 Å². The van der Waals surface area contributed by atoms with E-state index in [1.54, 1.807) is 12.4 Å². The fourth-order valence-corrected chi connectivity index (χ4v) is 1.68. The van der Waals surface area contributed by atoms with Gasteiger partial charge in [0.25, 0.3) is 0 Å². The van der Waals surface area contributed by atoms with Gasteiger partial charge in [0.15, 0.2) is 0 Å². The number of hydrogen-bond donors (Lipinski definition) is 0. The van der Waals surface area contributed by atoms with Gasteiger partial charge in [0.05, 0.1) is 34.8 Å². The van der Waals surface area contributed by atoms with Gasteiger partial charge in [0.2, 0.25) is 0 Å². The first kappa shape index (κ1) is 15.2. The minimum Gasteiger partial charge on any atom is -0.254 e. The van der Waals surface area contributed by atoms with Crippen LogP contribution in [-0.2, 0) is 3.84 Å². The zero-order chi connectivity index (χ0) is 12.1. The Kier molecular flexibility index (Phi) is 6.33. The van der Waals surface area contributed by atoms with Crippen molar-refractivity contribution in [3.63, 3.8) is 0 Å². The van der Waals surface area contributed by atoms with Gasteiger partial charge in [0.1, 0.15) is 0 Å². The Balaban J connectivity index is 0.000000372. The first-order chi connectivity index (χ1) is 8.36. The quantitative estimate of drug-likeness (QED) is 0.460. The Labute approximate surface area is 125 Å². The van der Waals surface area contributed by atoms with E-state index in [0.29, 0.717) is 0 Å². The van der Waals surface area contributed by atoms with Gasteiger partial charge in [-0.05, 0) is 12.1 Å². The van der Waals surface area contributed by atoms with Gasteiger partial charge in [0, 0.05) is 40.2 Å². The molecule has 0 fully saturated rings. The van der Waals surface area contributed by atoms with Crippen molar-refractivity contribution in [2.75, 3.05) is 0 Å². The van der Waals surface area contributed by atoms with E-state index in [1.807, 2.05) is 12.1 Å². The molecule has 3 rings (SSSR count). The summed E-state index contributed by atoms with van der Waals surface area (Å²) in [6, 6.07) is 12.1. The van der Waals surface area contributed by atoms with E-state index in [9.17, 15) is 0 Å². The number of halogens is 2. The van der Waals surface area contributed by atoms with Gasteiger partial charge in [-0.2, -0.15) is 3.84 Å². The van der Waals surface area contributed by atoms with Gasteiger partial charge in [-0.15, -0.1) is 0 Å². The molecule has 0 amide bonds. The van der Waals surface area contributed by atoms with E-state index in [0.717, 1.165) is 21.8 Å². The summed E-state index contributed by atoms with van der Waals surface area (Å²) in [5.74, 6) is 0. The van der Waals surface area contributed by atoms with E-state index < -0.39 is 0 Å². The van der Waals surface area contributed by atoms with Crippen molar-refractivity contribution in [2.45, 2.75) is 0 Å². The fourth-order valence-electron chi connectivity index (χ4n) is 1.68. The monoisotopic (exact) mass is 346 g/mol. The van der Waals surface area contributed by atoms with Crippen LogP contribution in [0.2, 0.25) is 0 Å². The zero-order valence-corrected chi connectivity index (χ0v) is 12.3. The molecule has 0 spiro atoms. The van der Waals surface area contributed by atoms with E-state index in [-0.39, 0.29) is 17.1 Å². The Morgan fingerprint density at radius 1 is 0.778 bits per heavy atom. The van der Waals surface area contributed by atoms with Crippen LogP contribution < -0.4 is 0 Å². The number of benzene rings is 1. The SMILES string of the molecule is ClOCl.[Se].c1cnc2c(c1)ccc1cccnc12. The molecule has 3 aromatic rings. The molecular formula is C12H8Cl2N2OSe. The molecule has 0 atom stereocenters. The predicted molar refractivity (Wildman–Crippen MR) is 75.6 cm³/mol. The molecule has 0 saturated carbocycles. The molecule has 1 aromatic carbocycles. The number of hydrogen-bond acceptors (Lipinski definition) is 3. The van der Waals surface area contributed by atoms with Gasteiger partial charge in [-0.3, -0.25) is 9.97 Å². The van der Waals surface area contributed by atoms with Crippen molar-refractivity contribution < 1.29 is 3.84 Å². The minimum absolute atomic E-state index is 0.